The molecule has 0 fully saturated rings. The molecule has 0 radical (unpaired) electrons. The third-order valence-electron chi connectivity index (χ3n) is 7.51. The molecule has 4 aromatic carbocycles. The number of esters is 1. The fourth-order valence-electron chi connectivity index (χ4n) is 5.19. The number of para-hydroxylation sites is 1. The van der Waals surface area contributed by atoms with E-state index >= 15 is 0 Å². The first-order valence-electron chi connectivity index (χ1n) is 15.6. The molecule has 1 atom stereocenters. The number of rotatable bonds is 14. The zero-order valence-corrected chi connectivity index (χ0v) is 27.4. The van der Waals surface area contributed by atoms with Crippen molar-refractivity contribution in [1.29, 1.82) is 0 Å². The van der Waals surface area contributed by atoms with Gasteiger partial charge in [0.2, 0.25) is 5.91 Å². The van der Waals surface area contributed by atoms with Crippen molar-refractivity contribution in [2.45, 2.75) is 53.1 Å². The van der Waals surface area contributed by atoms with E-state index in [0.717, 1.165) is 16.7 Å². The van der Waals surface area contributed by atoms with Gasteiger partial charge in [-0.25, -0.2) is 4.79 Å². The van der Waals surface area contributed by atoms with E-state index in [2.05, 4.69) is 32.2 Å². The van der Waals surface area contributed by atoms with E-state index in [1.807, 2.05) is 78.6 Å². The Morgan fingerprint density at radius 1 is 0.826 bits per heavy atom. The topological polar surface area (TPSA) is 84.9 Å². The predicted octanol–water partition coefficient (Wildman–Crippen LogP) is 7.27. The van der Waals surface area contributed by atoms with Crippen LogP contribution in [-0.2, 0) is 27.3 Å². The molecule has 240 valence electrons. The summed E-state index contributed by atoms with van der Waals surface area (Å²) in [5, 5.41) is 3.24. The zero-order chi connectivity index (χ0) is 33.1. The molecule has 0 bridgehead atoms. The molecule has 0 aromatic heterocycles. The third kappa shape index (κ3) is 10.1. The maximum atomic E-state index is 13.2. The van der Waals surface area contributed by atoms with Crippen molar-refractivity contribution in [3.63, 3.8) is 0 Å². The molecule has 0 aliphatic rings. The van der Waals surface area contributed by atoms with Crippen LogP contribution in [-0.4, -0.2) is 48.9 Å². The highest BCUT2D eigenvalue weighted by molar-refractivity contribution is 6.12. The Morgan fingerprint density at radius 2 is 1.52 bits per heavy atom. The van der Waals surface area contributed by atoms with Gasteiger partial charge in [0.05, 0.1) is 13.7 Å². The number of amides is 1. The van der Waals surface area contributed by atoms with Gasteiger partial charge >= 0.3 is 5.97 Å². The van der Waals surface area contributed by atoms with Gasteiger partial charge in [-0.05, 0) is 47.7 Å². The van der Waals surface area contributed by atoms with Crippen molar-refractivity contribution in [1.82, 2.24) is 4.90 Å². The highest BCUT2D eigenvalue weighted by Crippen LogP contribution is 2.23. The molecule has 0 aliphatic carbocycles. The van der Waals surface area contributed by atoms with Crippen LogP contribution in [0.5, 0.6) is 5.75 Å². The van der Waals surface area contributed by atoms with E-state index in [4.69, 9.17) is 9.47 Å². The van der Waals surface area contributed by atoms with Gasteiger partial charge in [-0.15, -0.1) is 0 Å². The first kappa shape index (κ1) is 34.0. The van der Waals surface area contributed by atoms with Crippen LogP contribution >= 0.6 is 0 Å². The van der Waals surface area contributed by atoms with E-state index in [9.17, 15) is 14.4 Å². The molecular weight excluding hydrogens is 576 g/mol. The largest absolute Gasteiger partial charge is 0.492 e. The number of methoxy groups -OCH3 is 1. The van der Waals surface area contributed by atoms with Gasteiger partial charge < -0.3 is 19.7 Å². The standard InChI is InChI=1S/C39H44N2O5/c1-28-12-11-13-30(24-28)27-41(36(42)26-39(2,3)4)22-23-46-32-20-18-29(19-21-32)25-35(38(44)45-5)40-34-17-10-9-16-33(34)37(43)31-14-7-6-8-15-31/h6-21,24,35,40H,22-23,25-27H2,1-5H3. The summed E-state index contributed by atoms with van der Waals surface area (Å²) in [7, 11) is 1.35. The van der Waals surface area contributed by atoms with Crippen LogP contribution < -0.4 is 10.1 Å². The van der Waals surface area contributed by atoms with Crippen LogP contribution in [0.4, 0.5) is 5.69 Å². The van der Waals surface area contributed by atoms with Crippen LogP contribution in [0.3, 0.4) is 0 Å². The van der Waals surface area contributed by atoms with Gasteiger partial charge in [-0.1, -0.05) is 105 Å². The SMILES string of the molecule is COC(=O)C(Cc1ccc(OCCN(Cc2cccc(C)c2)C(=O)CC(C)(C)C)cc1)Nc1ccccc1C(=O)c1ccccc1. The molecule has 0 aliphatic heterocycles. The Morgan fingerprint density at radius 3 is 2.20 bits per heavy atom. The number of ketones is 1. The Balaban J connectivity index is 1.40. The fourth-order valence-corrected chi connectivity index (χ4v) is 5.19. The van der Waals surface area contributed by atoms with Crippen LogP contribution in [0.25, 0.3) is 0 Å². The quantitative estimate of drug-likeness (QED) is 0.118. The molecule has 7 heteroatoms. The molecule has 0 saturated heterocycles. The van der Waals surface area contributed by atoms with Gasteiger partial charge in [-0.3, -0.25) is 9.59 Å². The summed E-state index contributed by atoms with van der Waals surface area (Å²) in [4.78, 5) is 41.1. The van der Waals surface area contributed by atoms with Gasteiger partial charge in [0.1, 0.15) is 18.4 Å². The van der Waals surface area contributed by atoms with Crippen molar-refractivity contribution in [3.05, 3.63) is 131 Å². The summed E-state index contributed by atoms with van der Waals surface area (Å²) in [6.45, 7) is 9.58. The lowest BCUT2D eigenvalue weighted by Gasteiger charge is -2.27. The number of benzene rings is 4. The normalized spacial score (nSPS) is 11.8. The van der Waals surface area contributed by atoms with Gasteiger partial charge in [-0.2, -0.15) is 0 Å². The van der Waals surface area contributed by atoms with Crippen molar-refractivity contribution < 1.29 is 23.9 Å². The number of hydrogen-bond acceptors (Lipinski definition) is 6. The second-order valence-corrected chi connectivity index (χ2v) is 12.7. The molecule has 1 unspecified atom stereocenters. The Bertz CT molecular complexity index is 1610. The summed E-state index contributed by atoms with van der Waals surface area (Å²) in [6.07, 6.45) is 0.792. The van der Waals surface area contributed by atoms with Gasteiger partial charge in [0, 0.05) is 36.2 Å². The molecule has 46 heavy (non-hydrogen) atoms. The average molecular weight is 621 g/mol. The molecule has 4 rings (SSSR count). The summed E-state index contributed by atoms with van der Waals surface area (Å²) in [5.74, 6) is 0.201. The van der Waals surface area contributed by atoms with Gasteiger partial charge in [0.15, 0.2) is 5.78 Å². The molecule has 0 heterocycles. The van der Waals surface area contributed by atoms with Gasteiger partial charge in [0.25, 0.3) is 0 Å². The smallest absolute Gasteiger partial charge is 0.328 e. The van der Waals surface area contributed by atoms with Crippen LogP contribution in [0.15, 0.2) is 103 Å². The molecule has 1 amide bonds. The van der Waals surface area contributed by atoms with E-state index in [1.165, 1.54) is 7.11 Å². The van der Waals surface area contributed by atoms with E-state index in [-0.39, 0.29) is 17.1 Å². The number of hydrogen-bond donors (Lipinski definition) is 1. The summed E-state index contributed by atoms with van der Waals surface area (Å²) < 4.78 is 11.1. The molecular formula is C39H44N2O5. The minimum Gasteiger partial charge on any atom is -0.492 e. The van der Waals surface area contributed by atoms with Crippen LogP contribution in [0.1, 0.15) is 59.8 Å². The Kier molecular flexibility index (Phi) is 11.7. The van der Waals surface area contributed by atoms with E-state index < -0.39 is 12.0 Å². The minimum absolute atomic E-state index is 0.0985. The maximum Gasteiger partial charge on any atom is 0.328 e. The first-order chi connectivity index (χ1) is 22.0. The zero-order valence-electron chi connectivity index (χ0n) is 27.4. The lowest BCUT2D eigenvalue weighted by molar-refractivity contribution is -0.141. The number of nitrogens with one attached hydrogen (secondary N) is 1. The maximum absolute atomic E-state index is 13.2. The summed E-state index contributed by atoms with van der Waals surface area (Å²) >= 11 is 0. The molecule has 4 aromatic rings. The third-order valence-corrected chi connectivity index (χ3v) is 7.51. The highest BCUT2D eigenvalue weighted by atomic mass is 16.5. The highest BCUT2D eigenvalue weighted by Gasteiger charge is 2.24. The molecule has 0 saturated carbocycles. The molecule has 7 nitrogen and oxygen atoms in total. The van der Waals surface area contributed by atoms with Crippen molar-refractivity contribution in [3.8, 4) is 5.75 Å². The van der Waals surface area contributed by atoms with Crippen molar-refractivity contribution in [2.75, 3.05) is 25.6 Å². The van der Waals surface area contributed by atoms with Crippen LogP contribution in [0, 0.1) is 12.3 Å². The second-order valence-electron chi connectivity index (χ2n) is 12.7. The second kappa shape index (κ2) is 15.9. The van der Waals surface area contributed by atoms with Crippen molar-refractivity contribution >= 4 is 23.3 Å². The minimum atomic E-state index is -0.717. The lowest BCUT2D eigenvalue weighted by atomic mass is 9.91. The number of ether oxygens (including phenoxy) is 2. The van der Waals surface area contributed by atoms with E-state index in [0.29, 0.717) is 55.1 Å². The Hall–Kier alpha value is -4.91. The summed E-state index contributed by atoms with van der Waals surface area (Å²) in [5.41, 5.74) is 4.63. The average Bonchev–Trinajstić information content (AvgIpc) is 3.04. The monoisotopic (exact) mass is 620 g/mol. The molecule has 0 spiro atoms. The van der Waals surface area contributed by atoms with Crippen LogP contribution in [0.2, 0.25) is 0 Å². The number of carbonyl (C=O) groups excluding carboxylic acids is 3. The number of nitrogens with zero attached hydrogens (tertiary/aromatic N) is 1. The first-order valence-corrected chi connectivity index (χ1v) is 15.6. The lowest BCUT2D eigenvalue weighted by Crippen LogP contribution is -2.36. The number of carbonyl (C=O) groups is 3. The van der Waals surface area contributed by atoms with Crippen molar-refractivity contribution in [2.24, 2.45) is 5.41 Å². The number of anilines is 1. The van der Waals surface area contributed by atoms with E-state index in [1.54, 1.807) is 30.3 Å². The number of aryl methyl sites for hydroxylation is 1. The summed E-state index contributed by atoms with van der Waals surface area (Å²) in [6, 6.07) is 31.2. The predicted molar refractivity (Wildman–Crippen MR) is 182 cm³/mol. The fraction of sp³-hybridized carbons (Fsp3) is 0.308. The Labute approximate surface area is 272 Å². The molecule has 1 N–H and O–H groups in total.